The maximum atomic E-state index is 12.4. The highest BCUT2D eigenvalue weighted by atomic mass is 35.5. The lowest BCUT2D eigenvalue weighted by molar-refractivity contribution is 0.0569. The zero-order valence-electron chi connectivity index (χ0n) is 10.1. The van der Waals surface area contributed by atoms with Crippen LogP contribution in [0.25, 0.3) is 0 Å². The smallest absolute Gasteiger partial charge is 0.272 e. The number of likely N-dealkylation sites (tertiary alicyclic amines) is 1. The first-order valence-electron chi connectivity index (χ1n) is 6.39. The summed E-state index contributed by atoms with van der Waals surface area (Å²) in [6.45, 7) is 2.78. The molecule has 1 aromatic heterocycles. The number of aromatic nitrogens is 1. The molecule has 4 nitrogen and oxygen atoms in total. The zero-order chi connectivity index (χ0) is 12.5. The molecule has 2 unspecified atom stereocenters. The van der Waals surface area contributed by atoms with Crippen molar-refractivity contribution in [2.24, 2.45) is 5.92 Å². The molecule has 0 radical (unpaired) electrons. The van der Waals surface area contributed by atoms with Crippen molar-refractivity contribution in [2.75, 3.05) is 19.6 Å². The van der Waals surface area contributed by atoms with E-state index in [9.17, 15) is 4.79 Å². The van der Waals surface area contributed by atoms with Gasteiger partial charge < -0.3 is 10.2 Å². The first-order valence-corrected chi connectivity index (χ1v) is 6.77. The Labute approximate surface area is 111 Å². The van der Waals surface area contributed by atoms with E-state index in [2.05, 4.69) is 10.3 Å². The van der Waals surface area contributed by atoms with Gasteiger partial charge in [0.25, 0.3) is 5.91 Å². The van der Waals surface area contributed by atoms with Crippen molar-refractivity contribution in [1.29, 1.82) is 0 Å². The average molecular weight is 266 g/mol. The quantitative estimate of drug-likeness (QED) is 0.838. The van der Waals surface area contributed by atoms with Gasteiger partial charge in [-0.1, -0.05) is 11.6 Å². The van der Waals surface area contributed by atoms with Crippen molar-refractivity contribution < 1.29 is 4.79 Å². The molecule has 3 heterocycles. The third-order valence-corrected chi connectivity index (χ3v) is 4.11. The number of amides is 1. The predicted molar refractivity (Wildman–Crippen MR) is 69.7 cm³/mol. The number of pyridine rings is 1. The Morgan fingerprint density at radius 1 is 1.44 bits per heavy atom. The predicted octanol–water partition coefficient (Wildman–Crippen LogP) is 1.56. The third-order valence-electron chi connectivity index (χ3n) is 3.89. The molecule has 2 saturated heterocycles. The van der Waals surface area contributed by atoms with E-state index in [1.54, 1.807) is 12.1 Å². The molecule has 2 atom stereocenters. The molecule has 1 amide bonds. The van der Waals surface area contributed by atoms with Gasteiger partial charge in [-0.15, -0.1) is 0 Å². The number of nitrogens with one attached hydrogen (secondary N) is 1. The number of halogens is 1. The Morgan fingerprint density at radius 3 is 3.11 bits per heavy atom. The number of piperidine rings is 1. The number of rotatable bonds is 1. The molecule has 3 rings (SSSR count). The zero-order valence-corrected chi connectivity index (χ0v) is 10.9. The first kappa shape index (κ1) is 11.9. The van der Waals surface area contributed by atoms with Crippen molar-refractivity contribution in [2.45, 2.75) is 18.9 Å². The fourth-order valence-corrected chi connectivity index (χ4v) is 3.08. The van der Waals surface area contributed by atoms with Gasteiger partial charge in [0.15, 0.2) is 0 Å². The Balaban J connectivity index is 1.81. The fraction of sp³-hybridized carbons (Fsp3) is 0.538. The molecule has 5 heteroatoms. The lowest BCUT2D eigenvalue weighted by Gasteiger charge is -2.36. The van der Waals surface area contributed by atoms with E-state index >= 15 is 0 Å². The van der Waals surface area contributed by atoms with Crippen LogP contribution in [-0.2, 0) is 0 Å². The molecule has 96 valence electrons. The normalized spacial score (nSPS) is 27.1. The number of carbonyl (C=O) groups is 1. The van der Waals surface area contributed by atoms with E-state index in [-0.39, 0.29) is 5.91 Å². The van der Waals surface area contributed by atoms with Gasteiger partial charge in [0.2, 0.25) is 0 Å². The summed E-state index contributed by atoms with van der Waals surface area (Å²) in [7, 11) is 0. The fourth-order valence-electron chi connectivity index (χ4n) is 2.97. The number of nitrogens with zero attached hydrogens (tertiary/aromatic N) is 2. The summed E-state index contributed by atoms with van der Waals surface area (Å²) in [6, 6.07) is 3.76. The summed E-state index contributed by atoms with van der Waals surface area (Å²) in [5, 5.41) is 3.94. The molecule has 0 saturated carbocycles. The molecule has 0 spiro atoms. The van der Waals surface area contributed by atoms with Crippen molar-refractivity contribution in [3.8, 4) is 0 Å². The highest BCUT2D eigenvalue weighted by molar-refractivity contribution is 6.30. The second-order valence-electron chi connectivity index (χ2n) is 4.99. The third kappa shape index (κ3) is 2.10. The molecule has 2 fully saturated rings. The maximum Gasteiger partial charge on any atom is 0.272 e. The van der Waals surface area contributed by atoms with Gasteiger partial charge in [-0.05, 0) is 30.9 Å². The minimum absolute atomic E-state index is 0.0325. The molecule has 0 aliphatic carbocycles. The van der Waals surface area contributed by atoms with Gasteiger partial charge in [-0.3, -0.25) is 4.79 Å². The number of hydrogen-bond donors (Lipinski definition) is 1. The minimum atomic E-state index is 0.0325. The molecule has 18 heavy (non-hydrogen) atoms. The topological polar surface area (TPSA) is 45.2 Å². The SMILES string of the molecule is O=C(c1ccc(Cl)cn1)N1CCCC2CNCC21. The van der Waals surface area contributed by atoms with Gasteiger partial charge in [0, 0.05) is 31.9 Å². The molecule has 0 aromatic carbocycles. The van der Waals surface area contributed by atoms with Crippen LogP contribution in [0.2, 0.25) is 5.02 Å². The van der Waals surface area contributed by atoms with E-state index in [0.717, 1.165) is 26.1 Å². The number of carbonyl (C=O) groups excluding carboxylic acids is 1. The highest BCUT2D eigenvalue weighted by Crippen LogP contribution is 2.27. The number of hydrogen-bond acceptors (Lipinski definition) is 3. The minimum Gasteiger partial charge on any atom is -0.333 e. The van der Waals surface area contributed by atoms with Gasteiger partial charge >= 0.3 is 0 Å². The Bertz CT molecular complexity index is 448. The summed E-state index contributed by atoms with van der Waals surface area (Å²) < 4.78 is 0. The van der Waals surface area contributed by atoms with Crippen LogP contribution in [0.15, 0.2) is 18.3 Å². The first-order chi connectivity index (χ1) is 8.75. The van der Waals surface area contributed by atoms with Gasteiger partial charge in [0.05, 0.1) is 5.02 Å². The van der Waals surface area contributed by atoms with E-state index in [4.69, 9.17) is 11.6 Å². The lowest BCUT2D eigenvalue weighted by Crippen LogP contribution is -2.48. The van der Waals surface area contributed by atoms with Gasteiger partial charge in [-0.2, -0.15) is 0 Å². The van der Waals surface area contributed by atoms with Crippen LogP contribution in [0.4, 0.5) is 0 Å². The molecule has 2 aliphatic rings. The molecule has 0 bridgehead atoms. The lowest BCUT2D eigenvalue weighted by atomic mass is 9.92. The van der Waals surface area contributed by atoms with Crippen LogP contribution < -0.4 is 5.32 Å². The van der Waals surface area contributed by atoms with Crippen LogP contribution in [0.3, 0.4) is 0 Å². The van der Waals surface area contributed by atoms with Crippen LogP contribution in [0.5, 0.6) is 0 Å². The average Bonchev–Trinajstić information content (AvgIpc) is 2.87. The Hall–Kier alpha value is -1.13. The number of fused-ring (bicyclic) bond motifs is 1. The van der Waals surface area contributed by atoms with Crippen molar-refractivity contribution in [3.05, 3.63) is 29.0 Å². The Morgan fingerprint density at radius 2 is 2.33 bits per heavy atom. The molecular formula is C13H16ClN3O. The van der Waals surface area contributed by atoms with Crippen LogP contribution in [-0.4, -0.2) is 41.5 Å². The second-order valence-corrected chi connectivity index (χ2v) is 5.42. The van der Waals surface area contributed by atoms with Crippen LogP contribution in [0, 0.1) is 5.92 Å². The van der Waals surface area contributed by atoms with Crippen LogP contribution in [0.1, 0.15) is 23.3 Å². The van der Waals surface area contributed by atoms with Crippen molar-refractivity contribution in [3.63, 3.8) is 0 Å². The Kier molecular flexibility index (Phi) is 3.22. The summed E-state index contributed by atoms with van der Waals surface area (Å²) >= 11 is 5.79. The monoisotopic (exact) mass is 265 g/mol. The van der Waals surface area contributed by atoms with E-state index in [1.807, 2.05) is 4.90 Å². The van der Waals surface area contributed by atoms with Crippen LogP contribution >= 0.6 is 11.6 Å². The van der Waals surface area contributed by atoms with E-state index in [1.165, 1.54) is 12.6 Å². The summed E-state index contributed by atoms with van der Waals surface area (Å²) in [6.07, 6.45) is 3.83. The molecule has 1 aromatic rings. The summed E-state index contributed by atoms with van der Waals surface area (Å²) in [5.74, 6) is 0.639. The summed E-state index contributed by atoms with van der Waals surface area (Å²) in [4.78, 5) is 18.5. The van der Waals surface area contributed by atoms with Gasteiger partial charge in [0.1, 0.15) is 5.69 Å². The largest absolute Gasteiger partial charge is 0.333 e. The molecule has 1 N–H and O–H groups in total. The highest BCUT2D eigenvalue weighted by Gasteiger charge is 2.37. The summed E-state index contributed by atoms with van der Waals surface area (Å²) in [5.41, 5.74) is 0.493. The maximum absolute atomic E-state index is 12.4. The van der Waals surface area contributed by atoms with Crippen molar-refractivity contribution >= 4 is 17.5 Å². The van der Waals surface area contributed by atoms with E-state index < -0.39 is 0 Å². The van der Waals surface area contributed by atoms with Crippen molar-refractivity contribution in [1.82, 2.24) is 15.2 Å². The standard InChI is InChI=1S/C13H16ClN3O/c14-10-3-4-11(16-7-10)13(18)17-5-1-2-9-6-15-8-12(9)17/h3-4,7,9,12,15H,1-2,5-6,8H2. The van der Waals surface area contributed by atoms with E-state index in [0.29, 0.717) is 22.7 Å². The second kappa shape index (κ2) is 4.86. The molecule has 2 aliphatic heterocycles. The molecular weight excluding hydrogens is 250 g/mol. The van der Waals surface area contributed by atoms with Gasteiger partial charge in [-0.25, -0.2) is 4.98 Å².